The van der Waals surface area contributed by atoms with Crippen LogP contribution in [0.5, 0.6) is 0 Å². The molecule has 200 valence electrons. The lowest BCUT2D eigenvalue weighted by Gasteiger charge is -2.26. The van der Waals surface area contributed by atoms with Crippen LogP contribution in [0.3, 0.4) is 0 Å². The number of carbonyl (C=O) groups is 2. The van der Waals surface area contributed by atoms with Gasteiger partial charge in [-0.25, -0.2) is 9.97 Å². The Morgan fingerprint density at radius 2 is 1.76 bits per heavy atom. The minimum Gasteiger partial charge on any atom is -0.380 e. The summed E-state index contributed by atoms with van der Waals surface area (Å²) in [4.78, 5) is 33.7. The summed E-state index contributed by atoms with van der Waals surface area (Å²) in [6.45, 7) is 2.79. The predicted octanol–water partition coefficient (Wildman–Crippen LogP) is 5.62. The summed E-state index contributed by atoms with van der Waals surface area (Å²) in [7, 11) is 0. The molecule has 1 aliphatic heterocycles. The van der Waals surface area contributed by atoms with Gasteiger partial charge in [0, 0.05) is 37.7 Å². The number of amides is 1. The molecule has 4 rings (SSSR count). The van der Waals surface area contributed by atoms with Gasteiger partial charge in [0.25, 0.3) is 0 Å². The van der Waals surface area contributed by atoms with Gasteiger partial charge in [-0.15, -0.1) is 0 Å². The summed E-state index contributed by atoms with van der Waals surface area (Å²) < 4.78 is 45.3. The van der Waals surface area contributed by atoms with E-state index in [1.54, 1.807) is 31.2 Å². The number of carbonyl (C=O) groups excluding carboxylic acids is 2. The zero-order valence-corrected chi connectivity index (χ0v) is 21.0. The highest BCUT2D eigenvalue weighted by molar-refractivity contribution is 5.95. The molecule has 0 saturated carbocycles. The fourth-order valence-corrected chi connectivity index (χ4v) is 4.44. The molecule has 10 heteroatoms. The second-order valence-corrected chi connectivity index (χ2v) is 9.43. The number of hydrogen-bond acceptors (Lipinski definition) is 6. The minimum absolute atomic E-state index is 0.0300. The summed E-state index contributed by atoms with van der Waals surface area (Å²) >= 11 is 0. The van der Waals surface area contributed by atoms with Gasteiger partial charge in [-0.1, -0.05) is 24.3 Å². The molecule has 0 aliphatic carbocycles. The highest BCUT2D eigenvalue weighted by atomic mass is 19.4. The Balaban J connectivity index is 1.31. The number of Topliss-reactive ketones (excluding diaryl/α,β-unsaturated/α-hetero) is 1. The van der Waals surface area contributed by atoms with Gasteiger partial charge in [-0.2, -0.15) is 13.2 Å². The second kappa shape index (κ2) is 11.7. The molecule has 1 unspecified atom stereocenters. The van der Waals surface area contributed by atoms with E-state index in [2.05, 4.69) is 20.6 Å². The molecule has 1 fully saturated rings. The second-order valence-electron chi connectivity index (χ2n) is 9.43. The van der Waals surface area contributed by atoms with Gasteiger partial charge in [-0.05, 0) is 56.0 Å². The maximum atomic E-state index is 13.2. The van der Waals surface area contributed by atoms with Crippen molar-refractivity contribution >= 4 is 23.1 Å². The standard InChI is InChI=1S/C28H29F3N4O3/c1-19-32-16-21(17-33-19)25(36)7-4-12-27(13-14-38-18-27)26(37)34-15-20-8-10-22(11-9-20)35-24-6-3-2-5-23(24)28(29,30)31/h2-3,5-6,8-11,16-17,35H,4,7,12-15,18H2,1H3,(H,34,37). The number of nitrogens with zero attached hydrogens (tertiary/aromatic N) is 2. The van der Waals surface area contributed by atoms with Crippen molar-refractivity contribution in [3.05, 3.63) is 83.4 Å². The van der Waals surface area contributed by atoms with Crippen molar-refractivity contribution < 1.29 is 27.5 Å². The monoisotopic (exact) mass is 526 g/mol. The lowest BCUT2D eigenvalue weighted by molar-refractivity contribution is -0.137. The molecule has 1 saturated heterocycles. The Bertz CT molecular complexity index is 1260. The number of ketones is 1. The van der Waals surface area contributed by atoms with Crippen molar-refractivity contribution in [1.82, 2.24) is 15.3 Å². The molecular formula is C28H29F3N4O3. The molecule has 3 aromatic rings. The fourth-order valence-electron chi connectivity index (χ4n) is 4.44. The summed E-state index contributed by atoms with van der Waals surface area (Å²) in [6.07, 6.45) is 0.469. The van der Waals surface area contributed by atoms with Crippen molar-refractivity contribution in [2.24, 2.45) is 5.41 Å². The number of nitrogens with one attached hydrogen (secondary N) is 2. The van der Waals surface area contributed by atoms with Crippen LogP contribution in [-0.4, -0.2) is 34.9 Å². The molecule has 0 bridgehead atoms. The van der Waals surface area contributed by atoms with Crippen LogP contribution >= 0.6 is 0 Å². The van der Waals surface area contributed by atoms with Crippen LogP contribution in [0.4, 0.5) is 24.5 Å². The van der Waals surface area contributed by atoms with E-state index in [4.69, 9.17) is 4.74 Å². The van der Waals surface area contributed by atoms with Crippen LogP contribution in [0.1, 0.15) is 53.0 Å². The van der Waals surface area contributed by atoms with Gasteiger partial charge in [0.1, 0.15) is 5.82 Å². The highest BCUT2D eigenvalue weighted by Crippen LogP contribution is 2.36. The molecule has 38 heavy (non-hydrogen) atoms. The van der Waals surface area contributed by atoms with E-state index in [1.807, 2.05) is 0 Å². The first-order valence-corrected chi connectivity index (χ1v) is 12.4. The first kappa shape index (κ1) is 27.3. The average Bonchev–Trinajstić information content (AvgIpc) is 3.38. The van der Waals surface area contributed by atoms with E-state index in [0.717, 1.165) is 11.6 Å². The number of alkyl halides is 3. The number of anilines is 2. The quantitative estimate of drug-likeness (QED) is 0.333. The first-order valence-electron chi connectivity index (χ1n) is 12.4. The average molecular weight is 527 g/mol. The third kappa shape index (κ3) is 6.74. The zero-order chi connectivity index (χ0) is 27.2. The molecule has 1 aromatic heterocycles. The van der Waals surface area contributed by atoms with Crippen LogP contribution in [0, 0.1) is 12.3 Å². The number of benzene rings is 2. The van der Waals surface area contributed by atoms with Crippen LogP contribution in [0.25, 0.3) is 0 Å². The van der Waals surface area contributed by atoms with Gasteiger partial charge >= 0.3 is 6.18 Å². The van der Waals surface area contributed by atoms with Crippen molar-refractivity contribution in [3.8, 4) is 0 Å². The summed E-state index contributed by atoms with van der Waals surface area (Å²) in [5.74, 6) is 0.395. The van der Waals surface area contributed by atoms with Crippen molar-refractivity contribution in [2.75, 3.05) is 18.5 Å². The van der Waals surface area contributed by atoms with E-state index >= 15 is 0 Å². The molecule has 2 aromatic carbocycles. The Morgan fingerprint density at radius 1 is 1.05 bits per heavy atom. The zero-order valence-electron chi connectivity index (χ0n) is 21.0. The smallest absolute Gasteiger partial charge is 0.380 e. The van der Waals surface area contributed by atoms with Gasteiger partial charge in [0.15, 0.2) is 5.78 Å². The Hall–Kier alpha value is -3.79. The predicted molar refractivity (Wildman–Crippen MR) is 136 cm³/mol. The molecule has 2 N–H and O–H groups in total. The van der Waals surface area contributed by atoms with E-state index < -0.39 is 17.2 Å². The number of aromatic nitrogens is 2. The van der Waals surface area contributed by atoms with Gasteiger partial charge in [0.05, 0.1) is 28.8 Å². The van der Waals surface area contributed by atoms with Crippen molar-refractivity contribution in [1.29, 1.82) is 0 Å². The van der Waals surface area contributed by atoms with Crippen LogP contribution < -0.4 is 10.6 Å². The first-order chi connectivity index (χ1) is 18.2. The minimum atomic E-state index is -4.46. The van der Waals surface area contributed by atoms with Crippen LogP contribution in [-0.2, 0) is 22.3 Å². The summed E-state index contributed by atoms with van der Waals surface area (Å²) in [5, 5.41) is 5.77. The molecule has 0 radical (unpaired) electrons. The number of ether oxygens (including phenoxy) is 1. The number of aryl methyl sites for hydroxylation is 1. The van der Waals surface area contributed by atoms with Crippen LogP contribution in [0.15, 0.2) is 60.9 Å². The molecule has 0 spiro atoms. The Morgan fingerprint density at radius 3 is 2.42 bits per heavy atom. The van der Waals surface area contributed by atoms with E-state index in [1.165, 1.54) is 30.6 Å². The van der Waals surface area contributed by atoms with Crippen molar-refractivity contribution in [3.63, 3.8) is 0 Å². The molecule has 1 amide bonds. The molecule has 7 nitrogen and oxygen atoms in total. The number of halogens is 3. The number of hydrogen-bond donors (Lipinski definition) is 2. The number of para-hydroxylation sites is 1. The maximum absolute atomic E-state index is 13.2. The lowest BCUT2D eigenvalue weighted by atomic mass is 9.80. The highest BCUT2D eigenvalue weighted by Gasteiger charge is 2.41. The molecular weight excluding hydrogens is 497 g/mol. The van der Waals surface area contributed by atoms with Gasteiger partial charge < -0.3 is 15.4 Å². The summed E-state index contributed by atoms with van der Waals surface area (Å²) in [6, 6.07) is 12.1. The Kier molecular flexibility index (Phi) is 8.41. The van der Waals surface area contributed by atoms with Crippen LogP contribution in [0.2, 0.25) is 0 Å². The number of rotatable bonds is 10. The van der Waals surface area contributed by atoms with Gasteiger partial charge in [0.2, 0.25) is 5.91 Å². The molecule has 1 aliphatic rings. The lowest BCUT2D eigenvalue weighted by Crippen LogP contribution is -2.41. The fraction of sp³-hybridized carbons (Fsp3) is 0.357. The maximum Gasteiger partial charge on any atom is 0.418 e. The Labute approximate surface area is 218 Å². The van der Waals surface area contributed by atoms with E-state index in [9.17, 15) is 22.8 Å². The topological polar surface area (TPSA) is 93.2 Å². The normalized spacial score (nSPS) is 17.3. The van der Waals surface area contributed by atoms with E-state index in [-0.39, 0.29) is 30.3 Å². The SMILES string of the molecule is Cc1ncc(C(=O)CCCC2(C(=O)NCc3ccc(Nc4ccccc4C(F)(F)F)cc3)CCOC2)cn1. The molecule has 2 heterocycles. The van der Waals surface area contributed by atoms with Gasteiger partial charge in [-0.3, -0.25) is 9.59 Å². The van der Waals surface area contributed by atoms with E-state index in [0.29, 0.717) is 49.6 Å². The third-order valence-corrected chi connectivity index (χ3v) is 6.67. The third-order valence-electron chi connectivity index (χ3n) is 6.67. The largest absolute Gasteiger partial charge is 0.418 e. The van der Waals surface area contributed by atoms with Crippen molar-refractivity contribution in [2.45, 2.75) is 45.3 Å². The molecule has 1 atom stereocenters. The summed E-state index contributed by atoms with van der Waals surface area (Å²) in [5.41, 5.74) is 0.286.